The first kappa shape index (κ1) is 17.0. The Kier molecular flexibility index (Phi) is 4.43. The number of aryl methyl sites for hydroxylation is 1. The summed E-state index contributed by atoms with van der Waals surface area (Å²) in [4.78, 5) is 14.1. The van der Waals surface area contributed by atoms with E-state index >= 15 is 0 Å². The van der Waals surface area contributed by atoms with Gasteiger partial charge in [0, 0.05) is 10.6 Å². The minimum atomic E-state index is -0.0789. The molecule has 1 amide bonds. The van der Waals surface area contributed by atoms with E-state index in [9.17, 15) is 4.79 Å². The number of thiophene rings is 1. The van der Waals surface area contributed by atoms with Crippen molar-refractivity contribution in [1.29, 1.82) is 0 Å². The summed E-state index contributed by atoms with van der Waals surface area (Å²) in [6.45, 7) is 8.91. The van der Waals surface area contributed by atoms with Crippen LogP contribution in [0.3, 0.4) is 0 Å². The van der Waals surface area contributed by atoms with E-state index in [0.29, 0.717) is 21.9 Å². The Morgan fingerprint density at radius 1 is 1.33 bits per heavy atom. The third-order valence-electron chi connectivity index (χ3n) is 5.02. The fourth-order valence-corrected chi connectivity index (χ4v) is 4.71. The molecule has 1 aromatic heterocycles. The summed E-state index contributed by atoms with van der Waals surface area (Å²) in [5.41, 5.74) is 10.3. The molecule has 1 heterocycles. The van der Waals surface area contributed by atoms with E-state index in [4.69, 9.17) is 5.73 Å². The highest BCUT2D eigenvalue weighted by Crippen LogP contribution is 2.43. The Morgan fingerprint density at radius 3 is 2.75 bits per heavy atom. The quantitative estimate of drug-likeness (QED) is 0.803. The Labute approximate surface area is 148 Å². The molecule has 24 heavy (non-hydrogen) atoms. The maximum absolute atomic E-state index is 12.8. The summed E-state index contributed by atoms with van der Waals surface area (Å²) in [6, 6.07) is 7.85. The van der Waals surface area contributed by atoms with Crippen molar-refractivity contribution in [2.24, 2.45) is 11.3 Å². The lowest BCUT2D eigenvalue weighted by atomic mass is 9.72. The molecule has 1 aliphatic carbocycles. The van der Waals surface area contributed by atoms with Crippen LogP contribution in [0.5, 0.6) is 0 Å². The molecule has 0 spiro atoms. The molecule has 1 atom stereocenters. The Morgan fingerprint density at radius 2 is 2.08 bits per heavy atom. The fraction of sp³-hybridized carbons (Fsp3) is 0.450. The standard InChI is InChI=1S/C20H26N2OS/c1-12-6-5-7-14(10-12)22-19(23)17-15-9-8-13(20(2,3)4)11-16(15)24-18(17)21/h5-7,10,13H,8-9,11,21H2,1-4H3,(H,22,23)/t13-/m0/s1. The van der Waals surface area contributed by atoms with Crippen molar-refractivity contribution in [3.05, 3.63) is 45.8 Å². The van der Waals surface area contributed by atoms with Gasteiger partial charge in [-0.2, -0.15) is 0 Å². The van der Waals surface area contributed by atoms with Crippen molar-refractivity contribution in [3.8, 4) is 0 Å². The van der Waals surface area contributed by atoms with Crippen LogP contribution in [0.1, 0.15) is 53.6 Å². The summed E-state index contributed by atoms with van der Waals surface area (Å²) in [5.74, 6) is 0.570. The number of hydrogen-bond acceptors (Lipinski definition) is 3. The van der Waals surface area contributed by atoms with Crippen molar-refractivity contribution >= 4 is 27.9 Å². The molecule has 0 fully saturated rings. The molecule has 0 saturated carbocycles. The number of carbonyl (C=O) groups excluding carboxylic acids is 1. The van der Waals surface area contributed by atoms with Crippen LogP contribution in [-0.4, -0.2) is 5.91 Å². The van der Waals surface area contributed by atoms with E-state index in [1.807, 2.05) is 31.2 Å². The molecule has 2 aromatic rings. The fourth-order valence-electron chi connectivity index (χ4n) is 3.51. The number of amides is 1. The van der Waals surface area contributed by atoms with Gasteiger partial charge < -0.3 is 11.1 Å². The van der Waals surface area contributed by atoms with E-state index in [1.165, 1.54) is 10.4 Å². The zero-order valence-electron chi connectivity index (χ0n) is 14.9. The second-order valence-corrected chi connectivity index (χ2v) is 9.01. The predicted octanol–water partition coefficient (Wildman–Crippen LogP) is 5.04. The lowest BCUT2D eigenvalue weighted by Gasteiger charge is -2.33. The molecular weight excluding hydrogens is 316 g/mol. The van der Waals surface area contributed by atoms with Crippen LogP contribution in [0.25, 0.3) is 0 Å². The molecule has 128 valence electrons. The van der Waals surface area contributed by atoms with Crippen LogP contribution >= 0.6 is 11.3 Å². The van der Waals surface area contributed by atoms with Crippen LogP contribution in [0, 0.1) is 18.3 Å². The second-order valence-electron chi connectivity index (χ2n) is 7.87. The number of hydrogen-bond donors (Lipinski definition) is 2. The topological polar surface area (TPSA) is 55.1 Å². The first-order chi connectivity index (χ1) is 11.3. The highest BCUT2D eigenvalue weighted by molar-refractivity contribution is 7.16. The van der Waals surface area contributed by atoms with E-state index in [0.717, 1.165) is 30.5 Å². The van der Waals surface area contributed by atoms with E-state index in [-0.39, 0.29) is 5.91 Å². The smallest absolute Gasteiger partial charge is 0.258 e. The first-order valence-corrected chi connectivity index (χ1v) is 9.35. The summed E-state index contributed by atoms with van der Waals surface area (Å²) in [5, 5.41) is 3.66. The molecular formula is C20H26N2OS. The van der Waals surface area contributed by atoms with Gasteiger partial charge in [-0.05, 0) is 60.8 Å². The average molecular weight is 343 g/mol. The van der Waals surface area contributed by atoms with Gasteiger partial charge in [0.15, 0.2) is 0 Å². The Bertz CT molecular complexity index is 770. The molecule has 0 unspecified atom stereocenters. The number of fused-ring (bicyclic) bond motifs is 1. The zero-order valence-corrected chi connectivity index (χ0v) is 15.7. The third kappa shape index (κ3) is 3.34. The number of nitrogen functional groups attached to an aromatic ring is 1. The van der Waals surface area contributed by atoms with Crippen molar-refractivity contribution < 1.29 is 4.79 Å². The van der Waals surface area contributed by atoms with Crippen LogP contribution in [0.2, 0.25) is 0 Å². The van der Waals surface area contributed by atoms with Gasteiger partial charge in [0.25, 0.3) is 5.91 Å². The lowest BCUT2D eigenvalue weighted by molar-refractivity contribution is 0.102. The third-order valence-corrected chi connectivity index (χ3v) is 6.10. The first-order valence-electron chi connectivity index (χ1n) is 8.53. The molecule has 1 aliphatic rings. The molecule has 0 radical (unpaired) electrons. The Hall–Kier alpha value is -1.81. The highest BCUT2D eigenvalue weighted by atomic mass is 32.1. The summed E-state index contributed by atoms with van der Waals surface area (Å²) < 4.78 is 0. The van der Waals surface area contributed by atoms with Crippen LogP contribution in [0.15, 0.2) is 24.3 Å². The van der Waals surface area contributed by atoms with E-state index < -0.39 is 0 Å². The van der Waals surface area contributed by atoms with Gasteiger partial charge in [-0.1, -0.05) is 32.9 Å². The maximum Gasteiger partial charge on any atom is 0.258 e. The normalized spacial score (nSPS) is 17.4. The molecule has 3 nitrogen and oxygen atoms in total. The monoisotopic (exact) mass is 342 g/mol. The van der Waals surface area contributed by atoms with Crippen LogP contribution in [0.4, 0.5) is 10.7 Å². The molecule has 0 aliphatic heterocycles. The van der Waals surface area contributed by atoms with E-state index in [2.05, 4.69) is 26.1 Å². The van der Waals surface area contributed by atoms with Gasteiger partial charge in [0.05, 0.1) is 10.6 Å². The molecule has 0 bridgehead atoms. The molecule has 1 aromatic carbocycles. The van der Waals surface area contributed by atoms with Crippen LogP contribution < -0.4 is 11.1 Å². The number of nitrogens with two attached hydrogens (primary N) is 1. The van der Waals surface area contributed by atoms with Crippen molar-refractivity contribution in [2.75, 3.05) is 11.1 Å². The largest absolute Gasteiger partial charge is 0.390 e. The number of anilines is 2. The minimum absolute atomic E-state index is 0.0789. The number of rotatable bonds is 2. The van der Waals surface area contributed by atoms with Gasteiger partial charge in [-0.15, -0.1) is 11.3 Å². The van der Waals surface area contributed by atoms with Crippen molar-refractivity contribution in [1.82, 2.24) is 0 Å². The molecule has 0 saturated heterocycles. The average Bonchev–Trinajstić information content (AvgIpc) is 2.81. The van der Waals surface area contributed by atoms with Crippen molar-refractivity contribution in [2.45, 2.75) is 47.0 Å². The van der Waals surface area contributed by atoms with Gasteiger partial charge in [0.2, 0.25) is 0 Å². The molecule has 3 N–H and O–H groups in total. The van der Waals surface area contributed by atoms with E-state index in [1.54, 1.807) is 11.3 Å². The van der Waals surface area contributed by atoms with Gasteiger partial charge in [0.1, 0.15) is 0 Å². The summed E-state index contributed by atoms with van der Waals surface area (Å²) in [7, 11) is 0. The second kappa shape index (κ2) is 6.25. The molecule has 4 heteroatoms. The lowest BCUT2D eigenvalue weighted by Crippen LogP contribution is -2.27. The predicted molar refractivity (Wildman–Crippen MR) is 103 cm³/mol. The zero-order chi connectivity index (χ0) is 17.5. The number of carbonyl (C=O) groups is 1. The highest BCUT2D eigenvalue weighted by Gasteiger charge is 2.33. The SMILES string of the molecule is Cc1cccc(NC(=O)c2c(N)sc3c2CC[C@H](C(C)(C)C)C3)c1. The maximum atomic E-state index is 12.8. The summed E-state index contributed by atoms with van der Waals surface area (Å²) >= 11 is 1.60. The van der Waals surface area contributed by atoms with Gasteiger partial charge >= 0.3 is 0 Å². The number of nitrogens with one attached hydrogen (secondary N) is 1. The summed E-state index contributed by atoms with van der Waals surface area (Å²) in [6.07, 6.45) is 3.10. The Balaban J connectivity index is 1.85. The number of benzene rings is 1. The minimum Gasteiger partial charge on any atom is -0.390 e. The molecule has 3 rings (SSSR count). The van der Waals surface area contributed by atoms with Gasteiger partial charge in [-0.25, -0.2) is 0 Å². The van der Waals surface area contributed by atoms with Crippen LogP contribution in [-0.2, 0) is 12.8 Å². The van der Waals surface area contributed by atoms with Crippen molar-refractivity contribution in [3.63, 3.8) is 0 Å². The van der Waals surface area contributed by atoms with Gasteiger partial charge in [-0.3, -0.25) is 4.79 Å².